The van der Waals surface area contributed by atoms with Gasteiger partial charge >= 0.3 is 11.9 Å². The van der Waals surface area contributed by atoms with Gasteiger partial charge in [-0.15, -0.1) is 0 Å². The van der Waals surface area contributed by atoms with Crippen LogP contribution < -0.4 is 0 Å². The molecule has 0 N–H and O–H groups in total. The summed E-state index contributed by atoms with van der Waals surface area (Å²) in [6.07, 6.45) is 6.39. The van der Waals surface area contributed by atoms with E-state index in [0.717, 1.165) is 18.4 Å². The Morgan fingerprint density at radius 3 is 1.84 bits per heavy atom. The Balaban J connectivity index is 4.49. The van der Waals surface area contributed by atoms with E-state index in [4.69, 9.17) is 0 Å². The van der Waals surface area contributed by atoms with Crippen LogP contribution in [0.25, 0.3) is 0 Å². The lowest BCUT2D eigenvalue weighted by molar-refractivity contribution is -0.158. The van der Waals surface area contributed by atoms with Gasteiger partial charge in [0, 0.05) is 0 Å². The molecule has 0 aromatic heterocycles. The highest BCUT2D eigenvalue weighted by Gasteiger charge is 2.28. The maximum absolute atomic E-state index is 11.5. The van der Waals surface area contributed by atoms with Crippen molar-refractivity contribution in [3.63, 3.8) is 0 Å². The molecule has 0 bridgehead atoms. The maximum atomic E-state index is 11.5. The summed E-state index contributed by atoms with van der Waals surface area (Å²) in [5.74, 6) is -1.97. The number of carbonyl (C=O) groups excluding carboxylic acids is 2. The van der Waals surface area contributed by atoms with Crippen molar-refractivity contribution >= 4 is 11.9 Å². The van der Waals surface area contributed by atoms with Gasteiger partial charge in [-0.1, -0.05) is 23.3 Å². The molecule has 0 aliphatic carbocycles. The Morgan fingerprint density at radius 2 is 1.42 bits per heavy atom. The highest BCUT2D eigenvalue weighted by molar-refractivity contribution is 5.95. The lowest BCUT2D eigenvalue weighted by atomic mass is 9.99. The van der Waals surface area contributed by atoms with Crippen molar-refractivity contribution in [3.8, 4) is 0 Å². The zero-order valence-electron chi connectivity index (χ0n) is 12.5. The summed E-state index contributed by atoms with van der Waals surface area (Å²) in [6, 6.07) is 0. The highest BCUT2D eigenvalue weighted by atomic mass is 16.5. The Bertz CT molecular complexity index is 346. The minimum absolute atomic E-state index is 0.341. The molecule has 0 heterocycles. The summed E-state index contributed by atoms with van der Waals surface area (Å²) >= 11 is 0. The maximum Gasteiger partial charge on any atom is 0.320 e. The predicted octanol–water partition coefficient (Wildman–Crippen LogP) is 3.03. The van der Waals surface area contributed by atoms with E-state index >= 15 is 0 Å². The fraction of sp³-hybridized carbons (Fsp3) is 0.600. The number of carbonyl (C=O) groups is 2. The number of hydrogen-bond acceptors (Lipinski definition) is 4. The first-order valence-electron chi connectivity index (χ1n) is 6.37. The van der Waals surface area contributed by atoms with Crippen molar-refractivity contribution in [3.05, 3.63) is 23.3 Å². The molecule has 0 aromatic rings. The normalized spacial score (nSPS) is 11.2. The van der Waals surface area contributed by atoms with E-state index in [0.29, 0.717) is 6.42 Å². The van der Waals surface area contributed by atoms with Gasteiger partial charge in [-0.25, -0.2) is 0 Å². The van der Waals surface area contributed by atoms with Crippen molar-refractivity contribution in [2.45, 2.75) is 40.0 Å². The van der Waals surface area contributed by atoms with Crippen molar-refractivity contribution < 1.29 is 19.1 Å². The minimum Gasteiger partial charge on any atom is -0.468 e. The molecule has 0 aliphatic rings. The Labute approximate surface area is 115 Å². The van der Waals surface area contributed by atoms with Crippen LogP contribution in [0.2, 0.25) is 0 Å². The van der Waals surface area contributed by atoms with Crippen LogP contribution in [-0.2, 0) is 19.1 Å². The molecule has 19 heavy (non-hydrogen) atoms. The topological polar surface area (TPSA) is 52.6 Å². The van der Waals surface area contributed by atoms with E-state index in [2.05, 4.69) is 29.4 Å². The van der Waals surface area contributed by atoms with Gasteiger partial charge in [-0.3, -0.25) is 9.59 Å². The van der Waals surface area contributed by atoms with E-state index in [1.54, 1.807) is 0 Å². The molecular formula is C15H24O4. The number of unbranched alkanes of at least 4 members (excludes halogenated alkanes) is 1. The van der Waals surface area contributed by atoms with Crippen LogP contribution in [0.1, 0.15) is 40.0 Å². The molecule has 0 fully saturated rings. The molecule has 108 valence electrons. The summed E-state index contributed by atoms with van der Waals surface area (Å²) in [5, 5.41) is 0. The Kier molecular flexibility index (Phi) is 8.58. The van der Waals surface area contributed by atoms with Gasteiger partial charge in [-0.05, 0) is 40.0 Å². The number of methoxy groups -OCH3 is 2. The van der Waals surface area contributed by atoms with Gasteiger partial charge in [0.25, 0.3) is 0 Å². The summed E-state index contributed by atoms with van der Waals surface area (Å²) in [4.78, 5) is 23.0. The number of ether oxygens (including phenoxy) is 2. The number of rotatable bonds is 7. The second kappa shape index (κ2) is 9.36. The molecule has 0 rings (SSSR count). The van der Waals surface area contributed by atoms with E-state index in [-0.39, 0.29) is 0 Å². The molecular weight excluding hydrogens is 244 g/mol. The zero-order chi connectivity index (χ0) is 14.8. The average molecular weight is 268 g/mol. The summed E-state index contributed by atoms with van der Waals surface area (Å²) in [6.45, 7) is 6.02. The summed E-state index contributed by atoms with van der Waals surface area (Å²) in [5.41, 5.74) is 2.27. The standard InChI is InChI=1S/C15H24O4/c1-11(2)8-6-7-9-12(3)10-13(14(16)18-4)15(17)19-5/h8-9,13H,6-7,10H2,1-5H3/b12-9+. The van der Waals surface area contributed by atoms with Gasteiger partial charge in [-0.2, -0.15) is 0 Å². The molecule has 4 heteroatoms. The van der Waals surface area contributed by atoms with Gasteiger partial charge < -0.3 is 9.47 Å². The van der Waals surface area contributed by atoms with Crippen molar-refractivity contribution in [2.75, 3.05) is 14.2 Å². The van der Waals surface area contributed by atoms with Crippen molar-refractivity contribution in [1.82, 2.24) is 0 Å². The quantitative estimate of drug-likeness (QED) is 0.308. The number of esters is 2. The van der Waals surface area contributed by atoms with E-state index < -0.39 is 17.9 Å². The molecule has 0 aromatic carbocycles. The zero-order valence-corrected chi connectivity index (χ0v) is 12.5. The van der Waals surface area contributed by atoms with Crippen LogP contribution in [0.3, 0.4) is 0 Å². The first-order valence-corrected chi connectivity index (χ1v) is 6.37. The van der Waals surface area contributed by atoms with Gasteiger partial charge in [0.1, 0.15) is 0 Å². The third kappa shape index (κ3) is 7.44. The predicted molar refractivity (Wildman–Crippen MR) is 74.6 cm³/mol. The smallest absolute Gasteiger partial charge is 0.320 e. The molecule has 4 nitrogen and oxygen atoms in total. The minimum atomic E-state index is -0.866. The van der Waals surface area contributed by atoms with Crippen LogP contribution in [0.5, 0.6) is 0 Å². The van der Waals surface area contributed by atoms with Gasteiger partial charge in [0.05, 0.1) is 14.2 Å². The molecule has 0 amide bonds. The third-order valence-corrected chi connectivity index (χ3v) is 2.71. The SMILES string of the molecule is COC(=O)C(C/C(C)=C/CCC=C(C)C)C(=O)OC. The van der Waals surface area contributed by atoms with Gasteiger partial charge in [0.2, 0.25) is 0 Å². The summed E-state index contributed by atoms with van der Waals surface area (Å²) in [7, 11) is 2.54. The Hall–Kier alpha value is -1.58. The second-order valence-electron chi connectivity index (χ2n) is 4.71. The van der Waals surface area contributed by atoms with Crippen LogP contribution >= 0.6 is 0 Å². The summed E-state index contributed by atoms with van der Waals surface area (Å²) < 4.78 is 9.23. The first kappa shape index (κ1) is 17.4. The molecule has 0 aliphatic heterocycles. The Morgan fingerprint density at radius 1 is 0.947 bits per heavy atom. The average Bonchev–Trinajstić information content (AvgIpc) is 2.39. The van der Waals surface area contributed by atoms with Crippen LogP contribution in [0.4, 0.5) is 0 Å². The molecule has 0 saturated carbocycles. The third-order valence-electron chi connectivity index (χ3n) is 2.71. The fourth-order valence-electron chi connectivity index (χ4n) is 1.65. The highest BCUT2D eigenvalue weighted by Crippen LogP contribution is 2.16. The number of hydrogen-bond donors (Lipinski definition) is 0. The second-order valence-corrected chi connectivity index (χ2v) is 4.71. The molecule has 0 spiro atoms. The fourth-order valence-corrected chi connectivity index (χ4v) is 1.65. The van der Waals surface area contributed by atoms with Crippen LogP contribution in [0, 0.1) is 5.92 Å². The van der Waals surface area contributed by atoms with Gasteiger partial charge in [0.15, 0.2) is 5.92 Å². The van der Waals surface area contributed by atoms with E-state index in [1.165, 1.54) is 19.8 Å². The molecule has 0 atom stereocenters. The van der Waals surface area contributed by atoms with Crippen LogP contribution in [-0.4, -0.2) is 26.2 Å². The van der Waals surface area contributed by atoms with E-state index in [1.807, 2.05) is 13.0 Å². The molecule has 0 radical (unpaired) electrons. The van der Waals surface area contributed by atoms with Crippen LogP contribution in [0.15, 0.2) is 23.3 Å². The molecule has 0 saturated heterocycles. The number of allylic oxidation sites excluding steroid dienone is 4. The lowest BCUT2D eigenvalue weighted by Gasteiger charge is -2.12. The largest absolute Gasteiger partial charge is 0.468 e. The van der Waals surface area contributed by atoms with E-state index in [9.17, 15) is 9.59 Å². The van der Waals surface area contributed by atoms with Crippen molar-refractivity contribution in [2.24, 2.45) is 5.92 Å². The monoisotopic (exact) mass is 268 g/mol. The molecule has 0 unspecified atom stereocenters. The van der Waals surface area contributed by atoms with Crippen molar-refractivity contribution in [1.29, 1.82) is 0 Å². The lowest BCUT2D eigenvalue weighted by Crippen LogP contribution is -2.26. The first-order chi connectivity index (χ1) is 8.92.